The Bertz CT molecular complexity index is 1490. The van der Waals surface area contributed by atoms with Gasteiger partial charge in [0.15, 0.2) is 0 Å². The Kier molecular flexibility index (Phi) is 4.71. The maximum absolute atomic E-state index is 12.7. The van der Waals surface area contributed by atoms with Crippen molar-refractivity contribution in [2.75, 3.05) is 5.32 Å². The fourth-order valence-corrected chi connectivity index (χ4v) is 3.76. The number of fused-ring (bicyclic) bond motifs is 1. The Morgan fingerprint density at radius 1 is 1.00 bits per heavy atom. The smallest absolute Gasteiger partial charge is 0.322 e. The van der Waals surface area contributed by atoms with Crippen LogP contribution < -0.4 is 11.0 Å². The number of hydrogen-bond acceptors (Lipinski definition) is 3. The zero-order chi connectivity index (χ0) is 22.2. The van der Waals surface area contributed by atoms with Crippen molar-refractivity contribution >= 4 is 17.2 Å². The molecule has 3 heterocycles. The Hall–Kier alpha value is -4.39. The van der Waals surface area contributed by atoms with Crippen molar-refractivity contribution in [2.45, 2.75) is 13.8 Å². The van der Waals surface area contributed by atoms with E-state index >= 15 is 0 Å². The Labute approximate surface area is 184 Å². The molecule has 2 N–H and O–H groups in total. The van der Waals surface area contributed by atoms with Gasteiger partial charge in [-0.15, -0.1) is 0 Å². The van der Waals surface area contributed by atoms with Gasteiger partial charge in [-0.05, 0) is 61.9 Å². The van der Waals surface area contributed by atoms with Crippen LogP contribution in [0.15, 0.2) is 84.0 Å². The summed E-state index contributed by atoms with van der Waals surface area (Å²) >= 11 is 0. The number of pyridine rings is 1. The SMILES string of the molecule is Cc1cccn2cc(-c3ccc(NC(=O)c4ccc(-n5c(C)c[nH]c5=O)cc4)cc3)nc12. The lowest BCUT2D eigenvalue weighted by Gasteiger charge is -2.08. The number of aromatic amines is 1. The van der Waals surface area contributed by atoms with Gasteiger partial charge in [0.1, 0.15) is 5.65 Å². The highest BCUT2D eigenvalue weighted by molar-refractivity contribution is 6.04. The highest BCUT2D eigenvalue weighted by Crippen LogP contribution is 2.23. The Morgan fingerprint density at radius 2 is 1.75 bits per heavy atom. The van der Waals surface area contributed by atoms with E-state index in [4.69, 9.17) is 4.98 Å². The van der Waals surface area contributed by atoms with E-state index < -0.39 is 0 Å². The first-order valence-corrected chi connectivity index (χ1v) is 10.2. The van der Waals surface area contributed by atoms with Crippen molar-refractivity contribution in [3.63, 3.8) is 0 Å². The number of rotatable bonds is 4. The van der Waals surface area contributed by atoms with Crippen LogP contribution >= 0.6 is 0 Å². The highest BCUT2D eigenvalue weighted by atomic mass is 16.2. The Balaban J connectivity index is 1.32. The molecule has 0 unspecified atom stereocenters. The number of imidazole rings is 2. The molecule has 0 bridgehead atoms. The number of anilines is 1. The second-order valence-corrected chi connectivity index (χ2v) is 7.70. The third-order valence-corrected chi connectivity index (χ3v) is 5.46. The Morgan fingerprint density at radius 3 is 2.41 bits per heavy atom. The second kappa shape index (κ2) is 7.70. The van der Waals surface area contributed by atoms with E-state index in [1.807, 2.05) is 67.0 Å². The largest absolute Gasteiger partial charge is 0.330 e. The normalized spacial score (nSPS) is 11.1. The number of nitrogens with zero attached hydrogens (tertiary/aromatic N) is 3. The van der Waals surface area contributed by atoms with Crippen molar-refractivity contribution in [1.29, 1.82) is 0 Å². The van der Waals surface area contributed by atoms with Crippen LogP contribution in [0.25, 0.3) is 22.6 Å². The van der Waals surface area contributed by atoms with E-state index in [0.717, 1.165) is 28.2 Å². The summed E-state index contributed by atoms with van der Waals surface area (Å²) in [5, 5.41) is 2.91. The van der Waals surface area contributed by atoms with E-state index in [-0.39, 0.29) is 11.6 Å². The van der Waals surface area contributed by atoms with Crippen LogP contribution in [0.3, 0.4) is 0 Å². The molecule has 0 aliphatic carbocycles. The van der Waals surface area contributed by atoms with Gasteiger partial charge in [-0.1, -0.05) is 18.2 Å². The number of amides is 1. The van der Waals surface area contributed by atoms with Crippen molar-refractivity contribution in [1.82, 2.24) is 18.9 Å². The number of H-pyrrole nitrogens is 1. The van der Waals surface area contributed by atoms with E-state index in [9.17, 15) is 9.59 Å². The number of nitrogens with one attached hydrogen (secondary N) is 2. The van der Waals surface area contributed by atoms with Gasteiger partial charge in [0.05, 0.1) is 11.4 Å². The minimum atomic E-state index is -0.217. The summed E-state index contributed by atoms with van der Waals surface area (Å²) in [6, 6.07) is 18.6. The molecule has 0 aliphatic rings. The molecule has 158 valence electrons. The zero-order valence-corrected chi connectivity index (χ0v) is 17.7. The van der Waals surface area contributed by atoms with E-state index in [2.05, 4.69) is 10.3 Å². The molecule has 0 atom stereocenters. The van der Waals surface area contributed by atoms with E-state index in [0.29, 0.717) is 16.9 Å². The number of aromatic nitrogens is 4. The number of benzene rings is 2. The van der Waals surface area contributed by atoms with Crippen molar-refractivity contribution < 1.29 is 4.79 Å². The average Bonchev–Trinajstić information content (AvgIpc) is 3.38. The number of hydrogen-bond donors (Lipinski definition) is 2. The first-order chi connectivity index (χ1) is 15.5. The third kappa shape index (κ3) is 3.50. The molecule has 0 aliphatic heterocycles. The quantitative estimate of drug-likeness (QED) is 0.451. The van der Waals surface area contributed by atoms with Crippen LogP contribution in [0.4, 0.5) is 5.69 Å². The van der Waals surface area contributed by atoms with E-state index in [1.54, 1.807) is 35.0 Å². The second-order valence-electron chi connectivity index (χ2n) is 7.70. The van der Waals surface area contributed by atoms with Gasteiger partial charge >= 0.3 is 5.69 Å². The molecule has 7 nitrogen and oxygen atoms in total. The van der Waals surface area contributed by atoms with Gasteiger partial charge in [-0.2, -0.15) is 0 Å². The lowest BCUT2D eigenvalue weighted by atomic mass is 10.1. The molecule has 3 aromatic heterocycles. The first-order valence-electron chi connectivity index (χ1n) is 10.2. The molecular formula is C25H21N5O2. The van der Waals surface area contributed by atoms with Crippen molar-refractivity contribution in [2.24, 2.45) is 0 Å². The molecule has 0 saturated heterocycles. The fourth-order valence-electron chi connectivity index (χ4n) is 3.76. The monoisotopic (exact) mass is 423 g/mol. The molecule has 0 fully saturated rings. The zero-order valence-electron chi connectivity index (χ0n) is 17.7. The molecule has 5 rings (SSSR count). The summed E-state index contributed by atoms with van der Waals surface area (Å²) in [7, 11) is 0. The summed E-state index contributed by atoms with van der Waals surface area (Å²) in [4.78, 5) is 31.9. The maximum Gasteiger partial charge on any atom is 0.330 e. The lowest BCUT2D eigenvalue weighted by molar-refractivity contribution is 0.102. The molecule has 0 saturated carbocycles. The van der Waals surface area contributed by atoms with Gasteiger partial charge in [-0.25, -0.2) is 9.78 Å². The molecule has 0 spiro atoms. The number of carbonyl (C=O) groups is 1. The summed E-state index contributed by atoms with van der Waals surface area (Å²) in [6.45, 7) is 3.88. The first kappa shape index (κ1) is 19.6. The van der Waals surface area contributed by atoms with E-state index in [1.165, 1.54) is 0 Å². The molecule has 0 radical (unpaired) electrons. The van der Waals surface area contributed by atoms with Gasteiger partial charge < -0.3 is 14.7 Å². The fraction of sp³-hybridized carbons (Fsp3) is 0.0800. The predicted octanol–water partition coefficient (Wildman–Crippen LogP) is 4.35. The highest BCUT2D eigenvalue weighted by Gasteiger charge is 2.10. The summed E-state index contributed by atoms with van der Waals surface area (Å²) < 4.78 is 3.56. The van der Waals surface area contributed by atoms with Crippen LogP contribution in [0, 0.1) is 13.8 Å². The average molecular weight is 423 g/mol. The van der Waals surface area contributed by atoms with Crippen LogP contribution in [0.1, 0.15) is 21.6 Å². The van der Waals surface area contributed by atoms with Crippen LogP contribution in [0.2, 0.25) is 0 Å². The minimum absolute atomic E-state index is 0.208. The molecule has 2 aromatic carbocycles. The topological polar surface area (TPSA) is 84.2 Å². The molecule has 32 heavy (non-hydrogen) atoms. The molecule has 1 amide bonds. The van der Waals surface area contributed by atoms with Gasteiger partial charge in [0.2, 0.25) is 0 Å². The number of carbonyl (C=O) groups excluding carboxylic acids is 1. The van der Waals surface area contributed by atoms with Crippen LogP contribution in [-0.2, 0) is 0 Å². The lowest BCUT2D eigenvalue weighted by Crippen LogP contribution is -2.16. The van der Waals surface area contributed by atoms with Crippen molar-refractivity contribution in [3.8, 4) is 16.9 Å². The molecule has 5 aromatic rings. The van der Waals surface area contributed by atoms with Gasteiger partial charge in [0.25, 0.3) is 5.91 Å². The third-order valence-electron chi connectivity index (χ3n) is 5.46. The maximum atomic E-state index is 12.7. The summed E-state index contributed by atoms with van der Waals surface area (Å²) in [6.07, 6.45) is 5.63. The van der Waals surface area contributed by atoms with Gasteiger partial charge in [-0.3, -0.25) is 9.36 Å². The van der Waals surface area contributed by atoms with Gasteiger partial charge in [0, 0.05) is 41.1 Å². The molecular weight excluding hydrogens is 402 g/mol. The van der Waals surface area contributed by atoms with Crippen LogP contribution in [-0.4, -0.2) is 24.8 Å². The summed E-state index contributed by atoms with van der Waals surface area (Å²) in [5.74, 6) is -0.217. The molecule has 7 heteroatoms. The van der Waals surface area contributed by atoms with Crippen LogP contribution in [0.5, 0.6) is 0 Å². The van der Waals surface area contributed by atoms with Crippen molar-refractivity contribution in [3.05, 3.63) is 107 Å². The number of aryl methyl sites for hydroxylation is 2. The predicted molar refractivity (Wildman–Crippen MR) is 124 cm³/mol. The minimum Gasteiger partial charge on any atom is -0.322 e. The standard InChI is InChI=1S/C25H21N5O2/c1-16-4-3-13-29-15-22(28-23(16)29)18-5-9-20(10-6-18)27-24(31)19-7-11-21(12-8-19)30-17(2)14-26-25(30)32/h3-15H,1-2H3,(H,26,32)(H,27,31). The summed E-state index contributed by atoms with van der Waals surface area (Å²) in [5.41, 5.74) is 6.40.